The van der Waals surface area contributed by atoms with Gasteiger partial charge in [-0.2, -0.15) is 0 Å². The van der Waals surface area contributed by atoms with Crippen LogP contribution in [0, 0.1) is 17.0 Å². The number of aromatic nitrogens is 2. The number of imidazole rings is 1. The van der Waals surface area contributed by atoms with E-state index in [9.17, 15) is 10.1 Å². The molecule has 3 aromatic rings. The van der Waals surface area contributed by atoms with E-state index in [1.165, 1.54) is 6.07 Å². The van der Waals surface area contributed by atoms with Crippen LogP contribution in [0.2, 0.25) is 0 Å². The molecule has 0 atom stereocenters. The van der Waals surface area contributed by atoms with E-state index in [1.807, 2.05) is 35.8 Å². The van der Waals surface area contributed by atoms with Gasteiger partial charge in [-0.15, -0.1) is 0 Å². The fourth-order valence-corrected chi connectivity index (χ4v) is 2.10. The lowest BCUT2D eigenvalue weighted by Gasteiger charge is -2.03. The molecule has 0 saturated heterocycles. The van der Waals surface area contributed by atoms with Gasteiger partial charge in [-0.1, -0.05) is 12.1 Å². The Labute approximate surface area is 108 Å². The van der Waals surface area contributed by atoms with Crippen LogP contribution in [-0.2, 0) is 6.54 Å². The maximum atomic E-state index is 10.6. The molecular formula is C13H11N3O3. The van der Waals surface area contributed by atoms with Crippen LogP contribution in [0.3, 0.4) is 0 Å². The number of nitro groups is 1. The smallest absolute Gasteiger partial charge is 0.404 e. The van der Waals surface area contributed by atoms with Crippen LogP contribution in [0.5, 0.6) is 0 Å². The molecule has 0 bridgehead atoms. The maximum Gasteiger partial charge on any atom is 0.433 e. The predicted octanol–water partition coefficient (Wildman–Crippen LogP) is 2.89. The van der Waals surface area contributed by atoms with Gasteiger partial charge in [0.15, 0.2) is 0 Å². The van der Waals surface area contributed by atoms with Crippen LogP contribution in [0.15, 0.2) is 40.8 Å². The molecule has 0 N–H and O–H groups in total. The average Bonchev–Trinajstić information content (AvgIpc) is 2.96. The van der Waals surface area contributed by atoms with E-state index in [4.69, 9.17) is 4.42 Å². The van der Waals surface area contributed by atoms with Crippen molar-refractivity contribution in [2.24, 2.45) is 0 Å². The van der Waals surface area contributed by atoms with E-state index < -0.39 is 4.92 Å². The number of aryl methyl sites for hydroxylation is 1. The SMILES string of the molecule is Cc1nc2ccccc2n1Cc1ccc([N+](=O)[O-])o1. The number of hydrogen-bond donors (Lipinski definition) is 0. The Balaban J connectivity index is 2.00. The molecular weight excluding hydrogens is 246 g/mol. The number of nitrogens with zero attached hydrogens (tertiary/aromatic N) is 3. The first-order chi connectivity index (χ1) is 9.15. The molecule has 0 aliphatic heterocycles. The van der Waals surface area contributed by atoms with E-state index >= 15 is 0 Å². The molecule has 0 saturated carbocycles. The highest BCUT2D eigenvalue weighted by Gasteiger charge is 2.14. The minimum atomic E-state index is -0.539. The first-order valence-corrected chi connectivity index (χ1v) is 5.80. The van der Waals surface area contributed by atoms with Gasteiger partial charge in [0.2, 0.25) is 0 Å². The van der Waals surface area contributed by atoms with Crippen molar-refractivity contribution in [1.29, 1.82) is 0 Å². The molecule has 6 heteroatoms. The molecule has 1 aromatic carbocycles. The summed E-state index contributed by atoms with van der Waals surface area (Å²) >= 11 is 0. The third kappa shape index (κ3) is 1.97. The van der Waals surface area contributed by atoms with Crippen LogP contribution >= 0.6 is 0 Å². The summed E-state index contributed by atoms with van der Waals surface area (Å²) < 4.78 is 7.14. The number of benzene rings is 1. The molecule has 0 radical (unpaired) electrons. The Bertz CT molecular complexity index is 757. The molecule has 19 heavy (non-hydrogen) atoms. The number of hydrogen-bond acceptors (Lipinski definition) is 4. The van der Waals surface area contributed by atoms with Crippen molar-refractivity contribution in [1.82, 2.24) is 9.55 Å². The maximum absolute atomic E-state index is 10.6. The van der Waals surface area contributed by atoms with E-state index in [2.05, 4.69) is 4.98 Å². The van der Waals surface area contributed by atoms with Gasteiger partial charge in [-0.25, -0.2) is 4.98 Å². The van der Waals surface area contributed by atoms with Gasteiger partial charge in [0, 0.05) is 0 Å². The van der Waals surface area contributed by atoms with Gasteiger partial charge in [0.25, 0.3) is 0 Å². The first-order valence-electron chi connectivity index (χ1n) is 5.80. The van der Waals surface area contributed by atoms with Crippen LogP contribution in [-0.4, -0.2) is 14.5 Å². The quantitative estimate of drug-likeness (QED) is 0.534. The lowest BCUT2D eigenvalue weighted by atomic mass is 10.3. The Morgan fingerprint density at radius 1 is 1.32 bits per heavy atom. The van der Waals surface area contributed by atoms with Crippen LogP contribution < -0.4 is 0 Å². The summed E-state index contributed by atoms with van der Waals surface area (Å²) in [4.78, 5) is 14.5. The minimum Gasteiger partial charge on any atom is -0.404 e. The Hall–Kier alpha value is -2.63. The first kappa shape index (κ1) is 11.5. The largest absolute Gasteiger partial charge is 0.433 e. The lowest BCUT2D eigenvalue weighted by Crippen LogP contribution is -2.00. The zero-order chi connectivity index (χ0) is 13.4. The van der Waals surface area contributed by atoms with Gasteiger partial charge < -0.3 is 8.98 Å². The second-order valence-corrected chi connectivity index (χ2v) is 4.23. The molecule has 0 spiro atoms. The zero-order valence-corrected chi connectivity index (χ0v) is 10.2. The predicted molar refractivity (Wildman–Crippen MR) is 68.9 cm³/mol. The Kier molecular flexibility index (Phi) is 2.56. The van der Waals surface area contributed by atoms with Gasteiger partial charge in [-0.05, 0) is 25.1 Å². The highest BCUT2D eigenvalue weighted by Crippen LogP contribution is 2.20. The van der Waals surface area contributed by atoms with Gasteiger partial charge in [0.1, 0.15) is 16.5 Å². The Morgan fingerprint density at radius 3 is 2.84 bits per heavy atom. The van der Waals surface area contributed by atoms with Crippen LogP contribution in [0.4, 0.5) is 5.88 Å². The highest BCUT2D eigenvalue weighted by atomic mass is 16.6. The van der Waals surface area contributed by atoms with Crippen molar-refractivity contribution >= 4 is 16.9 Å². The summed E-state index contributed by atoms with van der Waals surface area (Å²) in [5.74, 6) is 1.15. The van der Waals surface area contributed by atoms with Crippen molar-refractivity contribution in [3.63, 3.8) is 0 Å². The number of para-hydroxylation sites is 2. The van der Waals surface area contributed by atoms with Crippen molar-refractivity contribution in [2.75, 3.05) is 0 Å². The normalized spacial score (nSPS) is 11.0. The summed E-state index contributed by atoms with van der Waals surface area (Å²) in [6.07, 6.45) is 0. The molecule has 96 valence electrons. The van der Waals surface area contributed by atoms with Crippen molar-refractivity contribution < 1.29 is 9.34 Å². The van der Waals surface area contributed by atoms with Crippen LogP contribution in [0.25, 0.3) is 11.0 Å². The van der Waals surface area contributed by atoms with Crippen molar-refractivity contribution in [3.8, 4) is 0 Å². The third-order valence-corrected chi connectivity index (χ3v) is 2.99. The zero-order valence-electron chi connectivity index (χ0n) is 10.2. The number of fused-ring (bicyclic) bond motifs is 1. The molecule has 0 unspecified atom stereocenters. The molecule has 2 heterocycles. The summed E-state index contributed by atoms with van der Waals surface area (Å²) in [5, 5.41) is 10.6. The minimum absolute atomic E-state index is 0.239. The summed E-state index contributed by atoms with van der Waals surface area (Å²) in [7, 11) is 0. The fraction of sp³-hybridized carbons (Fsp3) is 0.154. The molecule has 6 nitrogen and oxygen atoms in total. The van der Waals surface area contributed by atoms with Crippen molar-refractivity contribution in [3.05, 3.63) is 58.1 Å². The molecule has 3 rings (SSSR count). The van der Waals surface area contributed by atoms with E-state index in [0.717, 1.165) is 16.9 Å². The standard InChI is InChI=1S/C13H11N3O3/c1-9-14-11-4-2-3-5-12(11)15(9)8-10-6-7-13(19-10)16(17)18/h2-7H,8H2,1H3. The highest BCUT2D eigenvalue weighted by molar-refractivity contribution is 5.75. The molecule has 0 aliphatic rings. The molecule has 0 fully saturated rings. The van der Waals surface area contributed by atoms with Gasteiger partial charge in [-0.3, -0.25) is 10.1 Å². The van der Waals surface area contributed by atoms with E-state index in [1.54, 1.807) is 6.07 Å². The van der Waals surface area contributed by atoms with Gasteiger partial charge in [0.05, 0.1) is 23.6 Å². The average molecular weight is 257 g/mol. The Morgan fingerprint density at radius 2 is 2.11 bits per heavy atom. The molecule has 2 aromatic heterocycles. The summed E-state index contributed by atoms with van der Waals surface area (Å²) in [6, 6.07) is 10.7. The topological polar surface area (TPSA) is 74.1 Å². The van der Waals surface area contributed by atoms with E-state index in [0.29, 0.717) is 12.3 Å². The number of rotatable bonds is 3. The lowest BCUT2D eigenvalue weighted by molar-refractivity contribution is -0.402. The number of furan rings is 1. The second kappa shape index (κ2) is 4.24. The monoisotopic (exact) mass is 257 g/mol. The molecule has 0 aliphatic carbocycles. The third-order valence-electron chi connectivity index (χ3n) is 2.99. The van der Waals surface area contributed by atoms with Gasteiger partial charge >= 0.3 is 5.88 Å². The molecule has 0 amide bonds. The van der Waals surface area contributed by atoms with Crippen molar-refractivity contribution in [2.45, 2.75) is 13.5 Å². The summed E-state index contributed by atoms with van der Waals surface area (Å²) in [5.41, 5.74) is 1.89. The summed E-state index contributed by atoms with van der Waals surface area (Å²) in [6.45, 7) is 2.33. The second-order valence-electron chi connectivity index (χ2n) is 4.23. The van der Waals surface area contributed by atoms with Crippen LogP contribution in [0.1, 0.15) is 11.6 Å². The fourth-order valence-electron chi connectivity index (χ4n) is 2.10. The van der Waals surface area contributed by atoms with E-state index in [-0.39, 0.29) is 5.88 Å².